The van der Waals surface area contributed by atoms with E-state index < -0.39 is 0 Å². The molecule has 0 saturated carbocycles. The zero-order chi connectivity index (χ0) is 15.0. The van der Waals surface area contributed by atoms with Crippen molar-refractivity contribution in [3.8, 4) is 0 Å². The molecule has 1 rings (SSSR count). The fraction of sp³-hybridized carbons (Fsp3) is 0.667. The van der Waals surface area contributed by atoms with Crippen LogP contribution in [0.1, 0.15) is 43.4 Å². The van der Waals surface area contributed by atoms with E-state index in [4.69, 9.17) is 4.74 Å². The summed E-state index contributed by atoms with van der Waals surface area (Å²) in [4.78, 5) is 0. The van der Waals surface area contributed by atoms with E-state index in [1.165, 1.54) is 29.5 Å². The second-order valence-corrected chi connectivity index (χ2v) is 6.40. The summed E-state index contributed by atoms with van der Waals surface area (Å²) < 4.78 is 5.10. The van der Waals surface area contributed by atoms with Crippen molar-refractivity contribution in [1.82, 2.24) is 5.32 Å². The summed E-state index contributed by atoms with van der Waals surface area (Å²) in [5, 5.41) is 3.54. The average Bonchev–Trinajstić information content (AvgIpc) is 2.33. The highest BCUT2D eigenvalue weighted by molar-refractivity contribution is 5.29. The van der Waals surface area contributed by atoms with Gasteiger partial charge in [-0.25, -0.2) is 0 Å². The molecule has 0 amide bonds. The van der Waals surface area contributed by atoms with Crippen molar-refractivity contribution in [3.05, 3.63) is 34.9 Å². The molecule has 0 fully saturated rings. The van der Waals surface area contributed by atoms with Gasteiger partial charge in [-0.15, -0.1) is 0 Å². The van der Waals surface area contributed by atoms with E-state index in [2.05, 4.69) is 51.2 Å². The molecule has 0 aliphatic rings. The van der Waals surface area contributed by atoms with Gasteiger partial charge in [-0.1, -0.05) is 49.6 Å². The Kier molecular flexibility index (Phi) is 7.25. The molecule has 2 heteroatoms. The predicted molar refractivity (Wildman–Crippen MR) is 87.4 cm³/mol. The third kappa shape index (κ3) is 6.06. The van der Waals surface area contributed by atoms with Gasteiger partial charge in [0.05, 0.1) is 6.61 Å². The molecule has 20 heavy (non-hydrogen) atoms. The molecule has 0 heterocycles. The lowest BCUT2D eigenvalue weighted by Gasteiger charge is -2.30. The van der Waals surface area contributed by atoms with Gasteiger partial charge in [-0.3, -0.25) is 0 Å². The maximum Gasteiger partial charge on any atom is 0.0587 e. The Bertz CT molecular complexity index is 382. The van der Waals surface area contributed by atoms with Crippen molar-refractivity contribution in [1.29, 1.82) is 0 Å². The first-order valence-corrected chi connectivity index (χ1v) is 7.76. The lowest BCUT2D eigenvalue weighted by atomic mass is 9.79. The van der Waals surface area contributed by atoms with Gasteiger partial charge in [0.15, 0.2) is 0 Å². The molecule has 1 N–H and O–H groups in total. The SMILES string of the molecule is CCCC(C)(CNCCOC)Cc1cc(C)cc(C)c1. The first-order valence-electron chi connectivity index (χ1n) is 7.76. The highest BCUT2D eigenvalue weighted by atomic mass is 16.5. The van der Waals surface area contributed by atoms with E-state index in [0.29, 0.717) is 5.41 Å². The van der Waals surface area contributed by atoms with Crippen LogP contribution in [-0.2, 0) is 11.2 Å². The van der Waals surface area contributed by atoms with Crippen LogP contribution in [0.15, 0.2) is 18.2 Å². The number of nitrogens with one attached hydrogen (secondary N) is 1. The third-order valence-electron chi connectivity index (χ3n) is 3.80. The molecule has 0 aromatic heterocycles. The summed E-state index contributed by atoms with van der Waals surface area (Å²) in [6.45, 7) is 11.8. The van der Waals surface area contributed by atoms with Gasteiger partial charge in [0, 0.05) is 20.2 Å². The van der Waals surface area contributed by atoms with Crippen molar-refractivity contribution in [3.63, 3.8) is 0 Å². The van der Waals surface area contributed by atoms with Crippen molar-refractivity contribution < 1.29 is 4.74 Å². The van der Waals surface area contributed by atoms with Crippen molar-refractivity contribution in [2.24, 2.45) is 5.41 Å². The number of methoxy groups -OCH3 is 1. The number of hydrogen-bond donors (Lipinski definition) is 1. The molecule has 0 radical (unpaired) electrons. The number of aryl methyl sites for hydroxylation is 2. The third-order valence-corrected chi connectivity index (χ3v) is 3.80. The zero-order valence-electron chi connectivity index (χ0n) is 13.9. The highest BCUT2D eigenvalue weighted by Crippen LogP contribution is 2.28. The molecule has 1 atom stereocenters. The van der Waals surface area contributed by atoms with Gasteiger partial charge in [0.2, 0.25) is 0 Å². The maximum atomic E-state index is 5.10. The second kappa shape index (κ2) is 8.43. The van der Waals surface area contributed by atoms with E-state index in [1.54, 1.807) is 7.11 Å². The van der Waals surface area contributed by atoms with Gasteiger partial charge in [-0.05, 0) is 37.7 Å². The Hall–Kier alpha value is -0.860. The molecule has 1 aromatic carbocycles. The minimum Gasteiger partial charge on any atom is -0.383 e. The molecule has 2 nitrogen and oxygen atoms in total. The normalized spacial score (nSPS) is 14.2. The Morgan fingerprint density at radius 1 is 1.15 bits per heavy atom. The smallest absolute Gasteiger partial charge is 0.0587 e. The minimum absolute atomic E-state index is 0.322. The first kappa shape index (κ1) is 17.2. The van der Waals surface area contributed by atoms with Gasteiger partial charge in [0.1, 0.15) is 0 Å². The van der Waals surface area contributed by atoms with Crippen molar-refractivity contribution >= 4 is 0 Å². The quantitative estimate of drug-likeness (QED) is 0.691. The lowest BCUT2D eigenvalue weighted by Crippen LogP contribution is -2.35. The van der Waals surface area contributed by atoms with Crippen molar-refractivity contribution in [2.75, 3.05) is 26.8 Å². The van der Waals surface area contributed by atoms with E-state index in [1.807, 2.05) is 0 Å². The van der Waals surface area contributed by atoms with Gasteiger partial charge < -0.3 is 10.1 Å². The highest BCUT2D eigenvalue weighted by Gasteiger charge is 2.23. The molecular weight excluding hydrogens is 246 g/mol. The molecule has 1 unspecified atom stereocenters. The van der Waals surface area contributed by atoms with Crippen LogP contribution in [0.3, 0.4) is 0 Å². The molecular formula is C18H31NO. The standard InChI is InChI=1S/C18H31NO/c1-6-7-18(4,14-19-8-9-20-5)13-17-11-15(2)10-16(3)12-17/h10-12,19H,6-9,13-14H2,1-5H3. The second-order valence-electron chi connectivity index (χ2n) is 6.40. The van der Waals surface area contributed by atoms with Crippen LogP contribution in [0.5, 0.6) is 0 Å². The van der Waals surface area contributed by atoms with E-state index in [9.17, 15) is 0 Å². The molecule has 0 aliphatic heterocycles. The van der Waals surface area contributed by atoms with Gasteiger partial charge in [0.25, 0.3) is 0 Å². The summed E-state index contributed by atoms with van der Waals surface area (Å²) in [5.74, 6) is 0. The average molecular weight is 277 g/mol. The summed E-state index contributed by atoms with van der Waals surface area (Å²) in [6, 6.07) is 6.91. The molecule has 0 aliphatic carbocycles. The molecule has 0 saturated heterocycles. The molecule has 1 aromatic rings. The lowest BCUT2D eigenvalue weighted by molar-refractivity contribution is 0.190. The summed E-state index contributed by atoms with van der Waals surface area (Å²) in [7, 11) is 1.75. The van der Waals surface area contributed by atoms with Crippen LogP contribution < -0.4 is 5.32 Å². The number of benzene rings is 1. The molecule has 0 spiro atoms. The van der Waals surface area contributed by atoms with Crippen LogP contribution >= 0.6 is 0 Å². The first-order chi connectivity index (χ1) is 9.49. The number of ether oxygens (including phenoxy) is 1. The Morgan fingerprint density at radius 2 is 1.80 bits per heavy atom. The van der Waals surface area contributed by atoms with Crippen LogP contribution in [0.25, 0.3) is 0 Å². The Morgan fingerprint density at radius 3 is 2.35 bits per heavy atom. The zero-order valence-corrected chi connectivity index (χ0v) is 13.9. The largest absolute Gasteiger partial charge is 0.383 e. The summed E-state index contributed by atoms with van der Waals surface area (Å²) in [5.41, 5.74) is 4.52. The molecule has 114 valence electrons. The minimum atomic E-state index is 0.322. The van der Waals surface area contributed by atoms with Crippen molar-refractivity contribution in [2.45, 2.75) is 47.0 Å². The fourth-order valence-corrected chi connectivity index (χ4v) is 3.07. The van der Waals surface area contributed by atoms with Crippen LogP contribution in [0.4, 0.5) is 0 Å². The topological polar surface area (TPSA) is 21.3 Å². The molecule has 0 bridgehead atoms. The fourth-order valence-electron chi connectivity index (χ4n) is 3.07. The summed E-state index contributed by atoms with van der Waals surface area (Å²) in [6.07, 6.45) is 3.62. The monoisotopic (exact) mass is 277 g/mol. The summed E-state index contributed by atoms with van der Waals surface area (Å²) >= 11 is 0. The van der Waals surface area contributed by atoms with E-state index in [-0.39, 0.29) is 0 Å². The van der Waals surface area contributed by atoms with Crippen LogP contribution in [-0.4, -0.2) is 26.8 Å². The van der Waals surface area contributed by atoms with Crippen LogP contribution in [0.2, 0.25) is 0 Å². The Labute approximate surface area is 124 Å². The van der Waals surface area contributed by atoms with Crippen LogP contribution in [0, 0.1) is 19.3 Å². The number of rotatable bonds is 9. The maximum absolute atomic E-state index is 5.10. The van der Waals surface area contributed by atoms with Gasteiger partial charge in [-0.2, -0.15) is 0 Å². The predicted octanol–water partition coefficient (Wildman–Crippen LogP) is 3.89. The van der Waals surface area contributed by atoms with E-state index in [0.717, 1.165) is 26.1 Å². The van der Waals surface area contributed by atoms with E-state index >= 15 is 0 Å². The van der Waals surface area contributed by atoms with Gasteiger partial charge >= 0.3 is 0 Å². The Balaban J connectivity index is 2.68. The number of hydrogen-bond acceptors (Lipinski definition) is 2.